The van der Waals surface area contributed by atoms with Crippen molar-refractivity contribution in [3.63, 3.8) is 0 Å². The van der Waals surface area contributed by atoms with E-state index in [1.165, 1.54) is 0 Å². The van der Waals surface area contributed by atoms with Gasteiger partial charge in [0.1, 0.15) is 11.6 Å². The first-order chi connectivity index (χ1) is 9.32. The molecule has 1 atom stereocenters. The number of anilines is 3. The second kappa shape index (κ2) is 7.25. The first-order valence-corrected chi connectivity index (χ1v) is 6.82. The number of nitrogen functional groups attached to an aromatic ring is 1. The van der Waals surface area contributed by atoms with Crippen LogP contribution in [0.15, 0.2) is 6.07 Å². The summed E-state index contributed by atoms with van der Waals surface area (Å²) in [6.07, 6.45) is 1.00. The maximum atomic E-state index is 10.2. The SMILES string of the molecule is CCCNc1cc(NCC(C)(O)CN(C)C)nc(N)n1. The molecule has 114 valence electrons. The summed E-state index contributed by atoms with van der Waals surface area (Å²) in [5, 5.41) is 16.5. The Labute approximate surface area is 120 Å². The van der Waals surface area contributed by atoms with Crippen LogP contribution in [-0.4, -0.2) is 59.3 Å². The number of nitrogens with zero attached hydrogens (tertiary/aromatic N) is 3. The second-order valence-corrected chi connectivity index (χ2v) is 5.51. The maximum absolute atomic E-state index is 10.2. The van der Waals surface area contributed by atoms with Gasteiger partial charge in [-0.2, -0.15) is 9.97 Å². The molecule has 1 heterocycles. The van der Waals surface area contributed by atoms with Crippen molar-refractivity contribution in [1.82, 2.24) is 14.9 Å². The minimum absolute atomic E-state index is 0.209. The highest BCUT2D eigenvalue weighted by molar-refractivity contribution is 5.51. The number of hydrogen-bond acceptors (Lipinski definition) is 7. The maximum Gasteiger partial charge on any atom is 0.223 e. The first kappa shape index (κ1) is 16.5. The van der Waals surface area contributed by atoms with Crippen LogP contribution in [0.5, 0.6) is 0 Å². The Morgan fingerprint density at radius 2 is 1.90 bits per heavy atom. The van der Waals surface area contributed by atoms with E-state index in [-0.39, 0.29) is 5.95 Å². The van der Waals surface area contributed by atoms with Crippen molar-refractivity contribution in [3.05, 3.63) is 6.07 Å². The summed E-state index contributed by atoms with van der Waals surface area (Å²) in [7, 11) is 3.84. The van der Waals surface area contributed by atoms with Gasteiger partial charge in [0.25, 0.3) is 0 Å². The molecule has 1 unspecified atom stereocenters. The van der Waals surface area contributed by atoms with Gasteiger partial charge < -0.3 is 26.4 Å². The zero-order valence-electron chi connectivity index (χ0n) is 12.8. The van der Waals surface area contributed by atoms with Crippen LogP contribution in [-0.2, 0) is 0 Å². The van der Waals surface area contributed by atoms with Crippen LogP contribution in [0.3, 0.4) is 0 Å². The highest BCUT2D eigenvalue weighted by Gasteiger charge is 2.21. The van der Waals surface area contributed by atoms with Crippen molar-refractivity contribution in [2.24, 2.45) is 0 Å². The molecule has 0 radical (unpaired) electrons. The average Bonchev–Trinajstić information content (AvgIpc) is 2.32. The van der Waals surface area contributed by atoms with Crippen molar-refractivity contribution in [1.29, 1.82) is 0 Å². The highest BCUT2D eigenvalue weighted by Crippen LogP contribution is 2.14. The van der Waals surface area contributed by atoms with Crippen LogP contribution in [0.25, 0.3) is 0 Å². The van der Waals surface area contributed by atoms with Crippen LogP contribution >= 0.6 is 0 Å². The van der Waals surface area contributed by atoms with Crippen LogP contribution < -0.4 is 16.4 Å². The quantitative estimate of drug-likeness (QED) is 0.554. The van der Waals surface area contributed by atoms with Crippen LogP contribution in [0.1, 0.15) is 20.3 Å². The number of nitrogens with two attached hydrogens (primary N) is 1. The molecule has 0 fully saturated rings. The molecule has 0 saturated carbocycles. The predicted octanol–water partition coefficient (Wildman–Crippen LogP) is 0.605. The van der Waals surface area contributed by atoms with Crippen molar-refractivity contribution >= 4 is 17.6 Å². The molecule has 5 N–H and O–H groups in total. The molecule has 0 amide bonds. The molecule has 0 aliphatic heterocycles. The van der Waals surface area contributed by atoms with Crippen LogP contribution in [0.2, 0.25) is 0 Å². The highest BCUT2D eigenvalue weighted by atomic mass is 16.3. The summed E-state index contributed by atoms with van der Waals surface area (Å²) in [6, 6.07) is 1.79. The minimum atomic E-state index is -0.847. The van der Waals surface area contributed by atoms with E-state index in [0.29, 0.717) is 24.7 Å². The Hall–Kier alpha value is -1.60. The molecule has 1 aromatic rings. The molecule has 20 heavy (non-hydrogen) atoms. The third-order valence-corrected chi connectivity index (χ3v) is 2.61. The lowest BCUT2D eigenvalue weighted by molar-refractivity contribution is 0.0459. The summed E-state index contributed by atoms with van der Waals surface area (Å²) in [5.74, 6) is 1.50. The van der Waals surface area contributed by atoms with Gasteiger partial charge in [-0.05, 0) is 27.4 Å². The lowest BCUT2D eigenvalue weighted by atomic mass is 10.1. The number of nitrogens with one attached hydrogen (secondary N) is 2. The van der Waals surface area contributed by atoms with E-state index < -0.39 is 5.60 Å². The van der Waals surface area contributed by atoms with E-state index in [4.69, 9.17) is 5.73 Å². The molecule has 7 heteroatoms. The van der Waals surface area contributed by atoms with Crippen molar-refractivity contribution in [2.45, 2.75) is 25.9 Å². The van der Waals surface area contributed by atoms with Gasteiger partial charge >= 0.3 is 0 Å². The molecule has 0 spiro atoms. The van der Waals surface area contributed by atoms with Gasteiger partial charge in [0.2, 0.25) is 5.95 Å². The molecule has 0 saturated heterocycles. The number of likely N-dealkylation sites (N-methyl/N-ethyl adjacent to an activating group) is 1. The standard InChI is InChI=1S/C13H26N6O/c1-5-6-15-10-7-11(18-12(14)17-10)16-8-13(2,20)9-19(3)4/h7,20H,5-6,8-9H2,1-4H3,(H4,14,15,16,17,18). The summed E-state index contributed by atoms with van der Waals surface area (Å²) in [6.45, 7) is 5.63. The molecule has 7 nitrogen and oxygen atoms in total. The van der Waals surface area contributed by atoms with Gasteiger partial charge in [-0.25, -0.2) is 0 Å². The molecule has 1 rings (SSSR count). The van der Waals surface area contributed by atoms with E-state index in [0.717, 1.165) is 13.0 Å². The summed E-state index contributed by atoms with van der Waals surface area (Å²) >= 11 is 0. The largest absolute Gasteiger partial charge is 0.387 e. The Bertz CT molecular complexity index is 421. The van der Waals surface area contributed by atoms with Gasteiger partial charge in [-0.1, -0.05) is 6.92 Å². The van der Waals surface area contributed by atoms with Gasteiger partial charge in [-0.15, -0.1) is 0 Å². The van der Waals surface area contributed by atoms with Gasteiger partial charge in [0.15, 0.2) is 0 Å². The van der Waals surface area contributed by atoms with E-state index in [1.807, 2.05) is 19.0 Å². The normalized spacial score (nSPS) is 14.1. The van der Waals surface area contributed by atoms with E-state index in [9.17, 15) is 5.11 Å². The minimum Gasteiger partial charge on any atom is -0.387 e. The number of hydrogen-bond donors (Lipinski definition) is 4. The number of aliphatic hydroxyl groups is 1. The molecular weight excluding hydrogens is 256 g/mol. The molecule has 0 aliphatic carbocycles. The van der Waals surface area contributed by atoms with Crippen molar-refractivity contribution in [2.75, 3.05) is 50.1 Å². The molecule has 0 bridgehead atoms. The fourth-order valence-electron chi connectivity index (χ4n) is 1.92. The summed E-state index contributed by atoms with van der Waals surface area (Å²) in [5.41, 5.74) is 4.83. The summed E-state index contributed by atoms with van der Waals surface area (Å²) < 4.78 is 0. The molecule has 0 aromatic carbocycles. The zero-order chi connectivity index (χ0) is 15.2. The fourth-order valence-corrected chi connectivity index (χ4v) is 1.92. The first-order valence-electron chi connectivity index (χ1n) is 6.82. The molecular formula is C13H26N6O. The van der Waals surface area contributed by atoms with Gasteiger partial charge in [0, 0.05) is 25.7 Å². The van der Waals surface area contributed by atoms with Gasteiger partial charge in [0.05, 0.1) is 5.60 Å². The Kier molecular flexibility index (Phi) is 5.97. The van der Waals surface area contributed by atoms with E-state index >= 15 is 0 Å². The smallest absolute Gasteiger partial charge is 0.223 e. The van der Waals surface area contributed by atoms with Crippen LogP contribution in [0.4, 0.5) is 17.6 Å². The Morgan fingerprint density at radius 3 is 2.45 bits per heavy atom. The topological polar surface area (TPSA) is 99.3 Å². The Morgan fingerprint density at radius 1 is 1.30 bits per heavy atom. The predicted molar refractivity (Wildman–Crippen MR) is 82.9 cm³/mol. The van der Waals surface area contributed by atoms with Gasteiger partial charge in [-0.3, -0.25) is 0 Å². The fraction of sp³-hybridized carbons (Fsp3) is 0.692. The van der Waals surface area contributed by atoms with Crippen LogP contribution in [0, 0.1) is 0 Å². The number of aromatic nitrogens is 2. The number of rotatable bonds is 8. The third-order valence-electron chi connectivity index (χ3n) is 2.61. The van der Waals surface area contributed by atoms with Crippen molar-refractivity contribution in [3.8, 4) is 0 Å². The zero-order valence-corrected chi connectivity index (χ0v) is 12.8. The molecule has 1 aromatic heterocycles. The average molecular weight is 282 g/mol. The van der Waals surface area contributed by atoms with E-state index in [2.05, 4.69) is 27.5 Å². The van der Waals surface area contributed by atoms with Crippen molar-refractivity contribution < 1.29 is 5.11 Å². The third kappa shape index (κ3) is 6.03. The monoisotopic (exact) mass is 282 g/mol. The lowest BCUT2D eigenvalue weighted by Crippen LogP contribution is -2.43. The van der Waals surface area contributed by atoms with E-state index in [1.54, 1.807) is 13.0 Å². The Balaban J connectivity index is 2.65. The lowest BCUT2D eigenvalue weighted by Gasteiger charge is -2.27. The molecule has 0 aliphatic rings. The summed E-state index contributed by atoms with van der Waals surface area (Å²) in [4.78, 5) is 10.2. The second-order valence-electron chi connectivity index (χ2n) is 5.51.